The van der Waals surface area contributed by atoms with Gasteiger partial charge < -0.3 is 14.4 Å². The average Bonchev–Trinajstić information content (AvgIpc) is 3.17. The molecule has 0 aliphatic carbocycles. The number of rotatable bonds is 3. The van der Waals surface area contributed by atoms with Gasteiger partial charge in [0.15, 0.2) is 0 Å². The maximum Gasteiger partial charge on any atom is 0.230 e. The van der Waals surface area contributed by atoms with E-state index in [2.05, 4.69) is 4.98 Å². The zero-order chi connectivity index (χ0) is 17.2. The van der Waals surface area contributed by atoms with Crippen LogP contribution in [0.5, 0.6) is 11.5 Å². The van der Waals surface area contributed by atoms with Crippen LogP contribution in [0.25, 0.3) is 0 Å². The quantitative estimate of drug-likeness (QED) is 0.863. The van der Waals surface area contributed by atoms with E-state index in [-0.39, 0.29) is 17.9 Å². The number of hydrogen-bond acceptors (Lipinski definition) is 4. The van der Waals surface area contributed by atoms with E-state index in [4.69, 9.17) is 9.47 Å². The van der Waals surface area contributed by atoms with Crippen LogP contribution in [0.2, 0.25) is 0 Å². The first-order valence-electron chi connectivity index (χ1n) is 8.77. The van der Waals surface area contributed by atoms with Crippen LogP contribution in [0.1, 0.15) is 30.1 Å². The second kappa shape index (κ2) is 6.75. The summed E-state index contributed by atoms with van der Waals surface area (Å²) in [5.74, 6) is 1.64. The van der Waals surface area contributed by atoms with Crippen molar-refractivity contribution in [3.05, 3.63) is 53.9 Å². The molecule has 1 aromatic carbocycles. The van der Waals surface area contributed by atoms with Crippen molar-refractivity contribution in [2.75, 3.05) is 20.3 Å². The van der Waals surface area contributed by atoms with Gasteiger partial charge in [0, 0.05) is 18.8 Å². The van der Waals surface area contributed by atoms with E-state index in [1.54, 1.807) is 13.3 Å². The molecule has 130 valence electrons. The Balaban J connectivity index is 1.51. The average molecular weight is 338 g/mol. The zero-order valence-corrected chi connectivity index (χ0v) is 14.4. The minimum atomic E-state index is -0.134. The van der Waals surface area contributed by atoms with Crippen molar-refractivity contribution in [1.29, 1.82) is 0 Å². The number of carbonyl (C=O) groups is 1. The van der Waals surface area contributed by atoms with Crippen LogP contribution in [-0.4, -0.2) is 36.1 Å². The molecule has 1 amide bonds. The fourth-order valence-electron chi connectivity index (χ4n) is 3.78. The van der Waals surface area contributed by atoms with Crippen molar-refractivity contribution in [1.82, 2.24) is 9.88 Å². The van der Waals surface area contributed by atoms with Crippen molar-refractivity contribution >= 4 is 5.91 Å². The molecule has 5 heteroatoms. The summed E-state index contributed by atoms with van der Waals surface area (Å²) in [6, 6.07) is 11.8. The summed E-state index contributed by atoms with van der Waals surface area (Å²) < 4.78 is 11.1. The Bertz CT molecular complexity index is 763. The summed E-state index contributed by atoms with van der Waals surface area (Å²) in [6.45, 7) is 1.22. The van der Waals surface area contributed by atoms with Gasteiger partial charge >= 0.3 is 0 Å². The molecule has 2 aliphatic heterocycles. The monoisotopic (exact) mass is 338 g/mol. The van der Waals surface area contributed by atoms with Gasteiger partial charge in [0.1, 0.15) is 18.1 Å². The summed E-state index contributed by atoms with van der Waals surface area (Å²) in [5.41, 5.74) is 2.05. The Morgan fingerprint density at radius 2 is 2.24 bits per heavy atom. The van der Waals surface area contributed by atoms with Gasteiger partial charge in [-0.05, 0) is 43.0 Å². The molecule has 4 rings (SSSR count). The van der Waals surface area contributed by atoms with Crippen LogP contribution in [0.15, 0.2) is 42.6 Å². The van der Waals surface area contributed by atoms with Crippen LogP contribution in [0.4, 0.5) is 0 Å². The molecular formula is C20H22N2O3. The Labute approximate surface area is 147 Å². The molecule has 2 atom stereocenters. The van der Waals surface area contributed by atoms with Crippen LogP contribution < -0.4 is 9.47 Å². The molecule has 0 spiro atoms. The molecule has 2 aromatic rings. The molecule has 25 heavy (non-hydrogen) atoms. The van der Waals surface area contributed by atoms with Gasteiger partial charge in [-0.1, -0.05) is 12.1 Å². The maximum absolute atomic E-state index is 13.1. The van der Waals surface area contributed by atoms with Crippen LogP contribution in [0, 0.1) is 5.92 Å². The topological polar surface area (TPSA) is 51.7 Å². The molecule has 1 saturated heterocycles. The number of likely N-dealkylation sites (tertiary alicyclic amines) is 1. The largest absolute Gasteiger partial charge is 0.497 e. The third-order valence-corrected chi connectivity index (χ3v) is 5.09. The summed E-state index contributed by atoms with van der Waals surface area (Å²) in [4.78, 5) is 19.6. The highest BCUT2D eigenvalue weighted by atomic mass is 16.5. The Morgan fingerprint density at radius 1 is 1.32 bits per heavy atom. The van der Waals surface area contributed by atoms with Crippen molar-refractivity contribution in [2.45, 2.75) is 25.3 Å². The highest BCUT2D eigenvalue weighted by Crippen LogP contribution is 2.35. The fourth-order valence-corrected chi connectivity index (χ4v) is 3.78. The second-order valence-corrected chi connectivity index (χ2v) is 6.63. The van der Waals surface area contributed by atoms with Crippen LogP contribution in [0.3, 0.4) is 0 Å². The van der Waals surface area contributed by atoms with E-state index in [0.717, 1.165) is 42.1 Å². The van der Waals surface area contributed by atoms with E-state index < -0.39 is 0 Å². The molecule has 0 bridgehead atoms. The van der Waals surface area contributed by atoms with E-state index in [9.17, 15) is 4.79 Å². The Morgan fingerprint density at radius 3 is 3.04 bits per heavy atom. The lowest BCUT2D eigenvalue weighted by Gasteiger charge is -2.31. The third-order valence-electron chi connectivity index (χ3n) is 5.09. The zero-order valence-electron chi connectivity index (χ0n) is 14.4. The van der Waals surface area contributed by atoms with Gasteiger partial charge in [-0.15, -0.1) is 0 Å². The molecule has 5 nitrogen and oxygen atoms in total. The number of hydrogen-bond donors (Lipinski definition) is 0. The highest BCUT2D eigenvalue weighted by molar-refractivity contribution is 5.80. The minimum Gasteiger partial charge on any atom is -0.497 e. The van der Waals surface area contributed by atoms with Gasteiger partial charge in [-0.2, -0.15) is 0 Å². The standard InChI is InChI=1S/C20H22N2O3/c1-24-16-8-7-14-11-15(13-25-19(14)12-16)20(23)22-10-4-6-18(22)17-5-2-3-9-21-17/h2-3,5,7-9,12,15,18H,4,6,10-11,13H2,1H3/t15-,18+/m0/s1. The van der Waals surface area contributed by atoms with Gasteiger partial charge in [0.25, 0.3) is 0 Å². The summed E-state index contributed by atoms with van der Waals surface area (Å²) in [5, 5.41) is 0. The molecule has 2 aliphatic rings. The van der Waals surface area contributed by atoms with E-state index in [1.165, 1.54) is 0 Å². The molecule has 0 N–H and O–H groups in total. The first-order valence-corrected chi connectivity index (χ1v) is 8.77. The Kier molecular flexibility index (Phi) is 4.30. The smallest absolute Gasteiger partial charge is 0.230 e. The number of methoxy groups -OCH3 is 1. The fraction of sp³-hybridized carbons (Fsp3) is 0.400. The van der Waals surface area contributed by atoms with E-state index >= 15 is 0 Å². The van der Waals surface area contributed by atoms with Crippen molar-refractivity contribution < 1.29 is 14.3 Å². The number of pyridine rings is 1. The van der Waals surface area contributed by atoms with Gasteiger partial charge in [-0.3, -0.25) is 9.78 Å². The molecule has 0 radical (unpaired) electrons. The number of ether oxygens (including phenoxy) is 2. The third kappa shape index (κ3) is 3.06. The van der Waals surface area contributed by atoms with Gasteiger partial charge in [-0.25, -0.2) is 0 Å². The molecular weight excluding hydrogens is 316 g/mol. The molecule has 1 fully saturated rings. The number of carbonyl (C=O) groups excluding carboxylic acids is 1. The summed E-state index contributed by atoms with van der Waals surface area (Å²) in [7, 11) is 1.64. The molecule has 1 aromatic heterocycles. The molecule has 3 heterocycles. The summed E-state index contributed by atoms with van der Waals surface area (Å²) >= 11 is 0. The maximum atomic E-state index is 13.1. The number of aromatic nitrogens is 1. The summed E-state index contributed by atoms with van der Waals surface area (Å²) in [6.07, 6.45) is 4.51. The normalized spacial score (nSPS) is 22.2. The lowest BCUT2D eigenvalue weighted by Crippen LogP contribution is -2.40. The molecule has 0 unspecified atom stereocenters. The van der Waals surface area contributed by atoms with Gasteiger partial charge in [0.2, 0.25) is 5.91 Å². The number of benzene rings is 1. The predicted octanol–water partition coefficient (Wildman–Crippen LogP) is 3.01. The number of fused-ring (bicyclic) bond motifs is 1. The lowest BCUT2D eigenvalue weighted by atomic mass is 9.95. The lowest BCUT2D eigenvalue weighted by molar-refractivity contribution is -0.138. The number of nitrogens with zero attached hydrogens (tertiary/aromatic N) is 2. The van der Waals surface area contributed by atoms with Crippen molar-refractivity contribution in [2.24, 2.45) is 5.92 Å². The number of amides is 1. The van der Waals surface area contributed by atoms with E-state index in [0.29, 0.717) is 13.0 Å². The van der Waals surface area contributed by atoms with Crippen molar-refractivity contribution in [3.8, 4) is 11.5 Å². The SMILES string of the molecule is COc1ccc2c(c1)OC[C@@H](C(=O)N1CCC[C@@H]1c1ccccn1)C2. The second-order valence-electron chi connectivity index (χ2n) is 6.63. The Hall–Kier alpha value is -2.56. The minimum absolute atomic E-state index is 0.0889. The van der Waals surface area contributed by atoms with Crippen LogP contribution in [-0.2, 0) is 11.2 Å². The highest BCUT2D eigenvalue weighted by Gasteiger charge is 2.36. The molecule has 0 saturated carbocycles. The first-order chi connectivity index (χ1) is 12.3. The first kappa shape index (κ1) is 15.9. The van der Waals surface area contributed by atoms with Crippen molar-refractivity contribution in [3.63, 3.8) is 0 Å². The van der Waals surface area contributed by atoms with E-state index in [1.807, 2.05) is 41.3 Å². The van der Waals surface area contributed by atoms with Gasteiger partial charge in [0.05, 0.1) is 24.8 Å². The predicted molar refractivity (Wildman–Crippen MR) is 93.6 cm³/mol. The van der Waals surface area contributed by atoms with Crippen LogP contribution >= 0.6 is 0 Å².